The molecule has 2 rings (SSSR count). The van der Waals surface area contributed by atoms with E-state index in [-0.39, 0.29) is 0 Å². The highest BCUT2D eigenvalue weighted by Gasteiger charge is 2.10. The molecule has 2 aromatic rings. The van der Waals surface area contributed by atoms with Crippen LogP contribution in [0.3, 0.4) is 0 Å². The van der Waals surface area contributed by atoms with Gasteiger partial charge in [-0.1, -0.05) is 43.7 Å². The Morgan fingerprint density at radius 2 is 1.78 bits per heavy atom. The number of rotatable bonds is 6. The normalized spacial score (nSPS) is 12.1. The van der Waals surface area contributed by atoms with Gasteiger partial charge in [-0.05, 0) is 18.1 Å². The first kappa shape index (κ1) is 12.6. The molecule has 3 nitrogen and oxygen atoms in total. The SMILES string of the molecule is CCCC(CNc1ncccn1)c1ccccc1. The van der Waals surface area contributed by atoms with Gasteiger partial charge in [0, 0.05) is 24.9 Å². The van der Waals surface area contributed by atoms with Crippen LogP contribution in [0.1, 0.15) is 31.2 Å². The highest BCUT2D eigenvalue weighted by molar-refractivity contribution is 5.26. The van der Waals surface area contributed by atoms with E-state index >= 15 is 0 Å². The van der Waals surface area contributed by atoms with Crippen LogP contribution in [0.5, 0.6) is 0 Å². The molecule has 18 heavy (non-hydrogen) atoms. The van der Waals surface area contributed by atoms with Crippen LogP contribution in [0.4, 0.5) is 5.95 Å². The summed E-state index contributed by atoms with van der Waals surface area (Å²) in [5.74, 6) is 1.22. The molecule has 0 radical (unpaired) electrons. The van der Waals surface area contributed by atoms with Gasteiger partial charge in [-0.25, -0.2) is 9.97 Å². The van der Waals surface area contributed by atoms with E-state index in [2.05, 4.69) is 52.5 Å². The topological polar surface area (TPSA) is 37.8 Å². The molecule has 0 saturated carbocycles. The minimum atomic E-state index is 0.514. The van der Waals surface area contributed by atoms with Crippen molar-refractivity contribution >= 4 is 5.95 Å². The molecule has 0 amide bonds. The Morgan fingerprint density at radius 3 is 2.44 bits per heavy atom. The standard InChI is InChI=1S/C15H19N3/c1-2-7-14(13-8-4-3-5-9-13)12-18-15-16-10-6-11-17-15/h3-6,8-11,14H,2,7,12H2,1H3,(H,16,17,18). The Kier molecular flexibility index (Phi) is 4.70. The average molecular weight is 241 g/mol. The maximum atomic E-state index is 4.18. The number of nitrogens with one attached hydrogen (secondary N) is 1. The van der Waals surface area contributed by atoms with E-state index in [1.807, 2.05) is 6.07 Å². The van der Waals surface area contributed by atoms with Crippen molar-refractivity contribution in [2.45, 2.75) is 25.7 Å². The van der Waals surface area contributed by atoms with Crippen LogP contribution in [-0.2, 0) is 0 Å². The van der Waals surface area contributed by atoms with Gasteiger partial charge in [-0.2, -0.15) is 0 Å². The summed E-state index contributed by atoms with van der Waals surface area (Å²) in [7, 11) is 0. The van der Waals surface area contributed by atoms with E-state index in [0.29, 0.717) is 11.9 Å². The Labute approximate surface area is 108 Å². The summed E-state index contributed by atoms with van der Waals surface area (Å²) in [6, 6.07) is 12.4. The lowest BCUT2D eigenvalue weighted by Crippen LogP contribution is -2.14. The van der Waals surface area contributed by atoms with Crippen molar-refractivity contribution in [3.8, 4) is 0 Å². The molecule has 0 fully saturated rings. The molecule has 1 N–H and O–H groups in total. The molecule has 0 bridgehead atoms. The summed E-state index contributed by atoms with van der Waals surface area (Å²) in [5, 5.41) is 3.31. The van der Waals surface area contributed by atoms with Crippen LogP contribution in [0.2, 0.25) is 0 Å². The Morgan fingerprint density at radius 1 is 1.06 bits per heavy atom. The van der Waals surface area contributed by atoms with E-state index in [9.17, 15) is 0 Å². The lowest BCUT2D eigenvalue weighted by atomic mass is 9.94. The van der Waals surface area contributed by atoms with Gasteiger partial charge < -0.3 is 5.32 Å². The van der Waals surface area contributed by atoms with Gasteiger partial charge in [0.05, 0.1) is 0 Å². The molecular weight excluding hydrogens is 222 g/mol. The molecule has 1 unspecified atom stereocenters. The third-order valence-electron chi connectivity index (χ3n) is 2.98. The van der Waals surface area contributed by atoms with Gasteiger partial charge >= 0.3 is 0 Å². The van der Waals surface area contributed by atoms with Crippen molar-refractivity contribution in [2.75, 3.05) is 11.9 Å². The Balaban J connectivity index is 1.99. The largest absolute Gasteiger partial charge is 0.354 e. The number of hydrogen-bond acceptors (Lipinski definition) is 3. The van der Waals surface area contributed by atoms with Crippen molar-refractivity contribution in [1.29, 1.82) is 0 Å². The first-order valence-electron chi connectivity index (χ1n) is 6.46. The zero-order valence-corrected chi connectivity index (χ0v) is 10.7. The van der Waals surface area contributed by atoms with E-state index < -0.39 is 0 Å². The lowest BCUT2D eigenvalue weighted by Gasteiger charge is -2.17. The molecule has 3 heteroatoms. The van der Waals surface area contributed by atoms with Gasteiger partial charge in [0.15, 0.2) is 0 Å². The number of benzene rings is 1. The van der Waals surface area contributed by atoms with Crippen LogP contribution in [0.25, 0.3) is 0 Å². The molecule has 94 valence electrons. The predicted molar refractivity (Wildman–Crippen MR) is 74.6 cm³/mol. The Hall–Kier alpha value is -1.90. The number of anilines is 1. The summed E-state index contributed by atoms with van der Waals surface area (Å²) < 4.78 is 0. The first-order valence-corrected chi connectivity index (χ1v) is 6.46. The lowest BCUT2D eigenvalue weighted by molar-refractivity contribution is 0.635. The molecule has 0 saturated heterocycles. The molecule has 0 aliphatic rings. The van der Waals surface area contributed by atoms with Gasteiger partial charge in [0.25, 0.3) is 0 Å². The monoisotopic (exact) mass is 241 g/mol. The summed E-state index contributed by atoms with van der Waals surface area (Å²) >= 11 is 0. The summed E-state index contributed by atoms with van der Waals surface area (Å²) in [5.41, 5.74) is 1.38. The van der Waals surface area contributed by atoms with Crippen molar-refractivity contribution in [1.82, 2.24) is 9.97 Å². The van der Waals surface area contributed by atoms with E-state index in [1.165, 1.54) is 18.4 Å². The molecular formula is C15H19N3. The highest BCUT2D eigenvalue weighted by atomic mass is 15.1. The van der Waals surface area contributed by atoms with Gasteiger partial charge in [-0.15, -0.1) is 0 Å². The molecule has 0 spiro atoms. The van der Waals surface area contributed by atoms with E-state index in [0.717, 1.165) is 6.54 Å². The quantitative estimate of drug-likeness (QED) is 0.841. The molecule has 1 heterocycles. The highest BCUT2D eigenvalue weighted by Crippen LogP contribution is 2.21. The summed E-state index contributed by atoms with van der Waals surface area (Å²) in [6.07, 6.45) is 5.86. The third kappa shape index (κ3) is 3.55. The zero-order valence-electron chi connectivity index (χ0n) is 10.7. The van der Waals surface area contributed by atoms with Gasteiger partial charge in [0.2, 0.25) is 5.95 Å². The van der Waals surface area contributed by atoms with E-state index in [1.54, 1.807) is 12.4 Å². The second-order valence-corrected chi connectivity index (χ2v) is 4.35. The molecule has 0 aliphatic carbocycles. The zero-order chi connectivity index (χ0) is 12.6. The average Bonchev–Trinajstić information content (AvgIpc) is 2.45. The van der Waals surface area contributed by atoms with Gasteiger partial charge in [0.1, 0.15) is 0 Å². The summed E-state index contributed by atoms with van der Waals surface area (Å²) in [6.45, 7) is 3.09. The van der Waals surface area contributed by atoms with Crippen LogP contribution in [-0.4, -0.2) is 16.5 Å². The minimum Gasteiger partial charge on any atom is -0.354 e. The fourth-order valence-electron chi connectivity index (χ4n) is 2.07. The second kappa shape index (κ2) is 6.74. The molecule has 1 aromatic carbocycles. The van der Waals surface area contributed by atoms with Crippen LogP contribution < -0.4 is 5.32 Å². The number of aromatic nitrogens is 2. The van der Waals surface area contributed by atoms with Crippen LogP contribution in [0, 0.1) is 0 Å². The molecule has 0 aliphatic heterocycles. The van der Waals surface area contributed by atoms with E-state index in [4.69, 9.17) is 0 Å². The second-order valence-electron chi connectivity index (χ2n) is 4.35. The third-order valence-corrected chi connectivity index (χ3v) is 2.98. The fourth-order valence-corrected chi connectivity index (χ4v) is 2.07. The number of nitrogens with zero attached hydrogens (tertiary/aromatic N) is 2. The fraction of sp³-hybridized carbons (Fsp3) is 0.333. The smallest absolute Gasteiger partial charge is 0.222 e. The molecule has 1 aromatic heterocycles. The van der Waals surface area contributed by atoms with Gasteiger partial charge in [-0.3, -0.25) is 0 Å². The summed E-state index contributed by atoms with van der Waals surface area (Å²) in [4.78, 5) is 8.36. The van der Waals surface area contributed by atoms with Crippen molar-refractivity contribution < 1.29 is 0 Å². The predicted octanol–water partition coefficient (Wildman–Crippen LogP) is 3.47. The first-order chi connectivity index (χ1) is 8.90. The van der Waals surface area contributed by atoms with Crippen LogP contribution >= 0.6 is 0 Å². The van der Waals surface area contributed by atoms with Crippen LogP contribution in [0.15, 0.2) is 48.8 Å². The van der Waals surface area contributed by atoms with Crippen molar-refractivity contribution in [3.63, 3.8) is 0 Å². The van der Waals surface area contributed by atoms with Crippen molar-refractivity contribution in [2.24, 2.45) is 0 Å². The minimum absolute atomic E-state index is 0.514. The maximum absolute atomic E-state index is 4.18. The maximum Gasteiger partial charge on any atom is 0.222 e. The Bertz CT molecular complexity index is 442. The van der Waals surface area contributed by atoms with Crippen molar-refractivity contribution in [3.05, 3.63) is 54.4 Å². The molecule has 1 atom stereocenters. The number of hydrogen-bond donors (Lipinski definition) is 1.